The lowest BCUT2D eigenvalue weighted by Crippen LogP contribution is -2.44. The number of rotatable bonds is 3. The summed E-state index contributed by atoms with van der Waals surface area (Å²) in [7, 11) is -3.53. The van der Waals surface area contributed by atoms with Gasteiger partial charge in [-0.15, -0.1) is 0 Å². The van der Waals surface area contributed by atoms with Gasteiger partial charge in [-0.2, -0.15) is 9.29 Å². The highest BCUT2D eigenvalue weighted by molar-refractivity contribution is 7.89. The number of aryl methyl sites for hydroxylation is 2. The Hall–Kier alpha value is -1.44. The first-order chi connectivity index (χ1) is 11.2. The normalized spacial score (nSPS) is 18.7. The molecule has 2 aromatic rings. The van der Waals surface area contributed by atoms with Gasteiger partial charge in [0.2, 0.25) is 15.9 Å². The zero-order valence-corrected chi connectivity index (χ0v) is 15.5. The van der Waals surface area contributed by atoms with Crippen LogP contribution in [0.4, 0.5) is 0 Å². The molecular formula is C16H20ClN3O3S. The summed E-state index contributed by atoms with van der Waals surface area (Å²) in [4.78, 5) is 4.63. The molecular weight excluding hydrogens is 350 g/mol. The Balaban J connectivity index is 1.81. The molecule has 0 bridgehead atoms. The highest BCUT2D eigenvalue weighted by atomic mass is 35.5. The van der Waals surface area contributed by atoms with Crippen molar-refractivity contribution in [2.24, 2.45) is 0 Å². The van der Waals surface area contributed by atoms with Gasteiger partial charge in [0.15, 0.2) is 5.82 Å². The van der Waals surface area contributed by atoms with Gasteiger partial charge in [0.05, 0.1) is 4.90 Å². The van der Waals surface area contributed by atoms with Crippen LogP contribution in [0.2, 0.25) is 5.02 Å². The molecule has 24 heavy (non-hydrogen) atoms. The van der Waals surface area contributed by atoms with Crippen molar-refractivity contribution in [3.05, 3.63) is 40.5 Å². The average Bonchev–Trinajstić information content (AvgIpc) is 2.95. The van der Waals surface area contributed by atoms with Crippen LogP contribution in [-0.2, 0) is 15.4 Å². The van der Waals surface area contributed by atoms with Crippen LogP contribution in [0.25, 0.3) is 0 Å². The molecule has 0 unspecified atom stereocenters. The molecule has 8 heteroatoms. The van der Waals surface area contributed by atoms with E-state index < -0.39 is 10.0 Å². The number of hydrogen-bond donors (Lipinski definition) is 0. The summed E-state index contributed by atoms with van der Waals surface area (Å²) in [6, 6.07) is 4.85. The fraction of sp³-hybridized carbons (Fsp3) is 0.500. The maximum Gasteiger partial charge on any atom is 0.243 e. The van der Waals surface area contributed by atoms with Crippen LogP contribution in [0.1, 0.15) is 37.0 Å². The number of nitrogens with zero attached hydrogens (tertiary/aromatic N) is 3. The van der Waals surface area contributed by atoms with Gasteiger partial charge in [0.25, 0.3) is 0 Å². The van der Waals surface area contributed by atoms with Crippen molar-refractivity contribution in [1.82, 2.24) is 14.4 Å². The van der Waals surface area contributed by atoms with E-state index in [-0.39, 0.29) is 5.41 Å². The zero-order valence-electron chi connectivity index (χ0n) is 13.9. The van der Waals surface area contributed by atoms with Gasteiger partial charge in [-0.05, 0) is 43.5 Å². The van der Waals surface area contributed by atoms with Crippen LogP contribution in [0.15, 0.2) is 27.6 Å². The predicted molar refractivity (Wildman–Crippen MR) is 90.6 cm³/mol. The number of benzene rings is 1. The van der Waals surface area contributed by atoms with Gasteiger partial charge in [-0.3, -0.25) is 0 Å². The Morgan fingerprint density at radius 3 is 2.46 bits per heavy atom. The molecule has 6 nitrogen and oxygen atoms in total. The Kier molecular flexibility index (Phi) is 4.44. The first-order valence-electron chi connectivity index (χ1n) is 7.79. The standard InChI is InChI=1S/C16H20ClN3O3S/c1-11-10-13(17)4-5-14(11)24(21,22)20-8-6-16(3,7-9-20)15-18-12(2)23-19-15/h4-5,10H,6-9H2,1-3H3. The number of aromatic nitrogens is 2. The Morgan fingerprint density at radius 1 is 1.25 bits per heavy atom. The fourth-order valence-corrected chi connectivity index (χ4v) is 4.90. The zero-order chi connectivity index (χ0) is 17.5. The molecule has 1 aromatic carbocycles. The number of piperidine rings is 1. The van der Waals surface area contributed by atoms with E-state index >= 15 is 0 Å². The lowest BCUT2D eigenvalue weighted by atomic mass is 9.80. The van der Waals surface area contributed by atoms with Gasteiger partial charge in [0.1, 0.15) is 0 Å². The van der Waals surface area contributed by atoms with E-state index in [0.717, 1.165) is 0 Å². The molecule has 0 radical (unpaired) electrons. The second kappa shape index (κ2) is 6.13. The summed E-state index contributed by atoms with van der Waals surface area (Å²) in [5.41, 5.74) is 0.392. The molecule has 1 aromatic heterocycles. The van der Waals surface area contributed by atoms with Crippen LogP contribution in [-0.4, -0.2) is 36.0 Å². The van der Waals surface area contributed by atoms with Crippen LogP contribution >= 0.6 is 11.6 Å². The number of halogens is 1. The van der Waals surface area contributed by atoms with Crippen LogP contribution in [0, 0.1) is 13.8 Å². The third-order valence-corrected chi connectivity index (χ3v) is 6.94. The summed E-state index contributed by atoms with van der Waals surface area (Å²) >= 11 is 5.93. The van der Waals surface area contributed by atoms with Gasteiger partial charge >= 0.3 is 0 Å². The summed E-state index contributed by atoms with van der Waals surface area (Å²) in [6.07, 6.45) is 1.30. The summed E-state index contributed by atoms with van der Waals surface area (Å²) in [6.45, 7) is 6.41. The minimum absolute atomic E-state index is 0.265. The Labute approximate surface area is 146 Å². The van der Waals surface area contributed by atoms with Crippen molar-refractivity contribution in [3.63, 3.8) is 0 Å². The van der Waals surface area contributed by atoms with E-state index in [1.54, 1.807) is 32.0 Å². The summed E-state index contributed by atoms with van der Waals surface area (Å²) in [5, 5.41) is 4.54. The molecule has 3 rings (SSSR count). The van der Waals surface area contributed by atoms with Gasteiger partial charge in [-0.1, -0.05) is 23.7 Å². The maximum absolute atomic E-state index is 12.9. The van der Waals surface area contributed by atoms with Gasteiger partial charge in [-0.25, -0.2) is 8.42 Å². The van der Waals surface area contributed by atoms with Crippen LogP contribution in [0.3, 0.4) is 0 Å². The minimum Gasteiger partial charge on any atom is -0.340 e. The predicted octanol–water partition coefficient (Wildman–Crippen LogP) is 3.08. The fourth-order valence-electron chi connectivity index (χ4n) is 3.03. The minimum atomic E-state index is -3.53. The molecule has 0 atom stereocenters. The van der Waals surface area contributed by atoms with Crippen molar-refractivity contribution in [2.45, 2.75) is 43.9 Å². The maximum atomic E-state index is 12.9. The van der Waals surface area contributed by atoms with Crippen molar-refractivity contribution < 1.29 is 12.9 Å². The second-order valence-corrected chi connectivity index (χ2v) is 8.85. The monoisotopic (exact) mass is 369 g/mol. The molecule has 0 amide bonds. The van der Waals surface area contributed by atoms with Crippen molar-refractivity contribution in [1.29, 1.82) is 0 Å². The Bertz CT molecular complexity index is 855. The lowest BCUT2D eigenvalue weighted by molar-refractivity contribution is 0.233. The quantitative estimate of drug-likeness (QED) is 0.830. The highest BCUT2D eigenvalue weighted by Gasteiger charge is 2.39. The Morgan fingerprint density at radius 2 is 1.92 bits per heavy atom. The molecule has 1 aliphatic heterocycles. The van der Waals surface area contributed by atoms with E-state index in [9.17, 15) is 8.42 Å². The molecule has 0 spiro atoms. The highest BCUT2D eigenvalue weighted by Crippen LogP contribution is 2.35. The molecule has 0 aliphatic carbocycles. The molecule has 130 valence electrons. The van der Waals surface area contributed by atoms with E-state index in [2.05, 4.69) is 17.1 Å². The first-order valence-corrected chi connectivity index (χ1v) is 9.61. The smallest absolute Gasteiger partial charge is 0.243 e. The average molecular weight is 370 g/mol. The van der Waals surface area contributed by atoms with E-state index in [1.807, 2.05) is 0 Å². The SMILES string of the molecule is Cc1nc(C2(C)CCN(S(=O)(=O)c3ccc(Cl)cc3C)CC2)no1. The number of hydrogen-bond acceptors (Lipinski definition) is 5. The molecule has 1 fully saturated rings. The molecule has 2 heterocycles. The molecule has 0 saturated carbocycles. The van der Waals surface area contributed by atoms with E-state index in [4.69, 9.17) is 16.1 Å². The summed E-state index contributed by atoms with van der Waals surface area (Å²) < 4.78 is 32.4. The lowest BCUT2D eigenvalue weighted by Gasteiger charge is -2.36. The largest absolute Gasteiger partial charge is 0.340 e. The van der Waals surface area contributed by atoms with Crippen molar-refractivity contribution >= 4 is 21.6 Å². The van der Waals surface area contributed by atoms with Crippen molar-refractivity contribution in [2.75, 3.05) is 13.1 Å². The summed E-state index contributed by atoms with van der Waals surface area (Å²) in [5.74, 6) is 1.18. The van der Waals surface area contributed by atoms with Gasteiger partial charge in [0, 0.05) is 30.5 Å². The van der Waals surface area contributed by atoms with E-state index in [1.165, 1.54) is 4.31 Å². The third-order valence-electron chi connectivity index (χ3n) is 4.65. The second-order valence-electron chi connectivity index (χ2n) is 6.51. The first kappa shape index (κ1) is 17.4. The topological polar surface area (TPSA) is 76.3 Å². The molecule has 1 saturated heterocycles. The molecule has 0 N–H and O–H groups in total. The van der Waals surface area contributed by atoms with Crippen molar-refractivity contribution in [3.8, 4) is 0 Å². The number of sulfonamides is 1. The third kappa shape index (κ3) is 3.08. The van der Waals surface area contributed by atoms with Crippen LogP contribution in [0.5, 0.6) is 0 Å². The van der Waals surface area contributed by atoms with Gasteiger partial charge < -0.3 is 4.52 Å². The van der Waals surface area contributed by atoms with E-state index in [0.29, 0.717) is 53.1 Å². The van der Waals surface area contributed by atoms with Crippen LogP contribution < -0.4 is 0 Å². The molecule has 1 aliphatic rings.